The summed E-state index contributed by atoms with van der Waals surface area (Å²) in [5.41, 5.74) is 2.53. The lowest BCUT2D eigenvalue weighted by Gasteiger charge is -2.10. The van der Waals surface area contributed by atoms with Gasteiger partial charge in [0.1, 0.15) is 18.5 Å². The van der Waals surface area contributed by atoms with Crippen LogP contribution >= 0.6 is 15.9 Å². The van der Waals surface area contributed by atoms with Gasteiger partial charge in [-0.05, 0) is 40.2 Å². The number of halogens is 1. The molecule has 3 heterocycles. The number of hydrogen-bond acceptors (Lipinski definition) is 4. The second kappa shape index (κ2) is 7.13. The van der Waals surface area contributed by atoms with Gasteiger partial charge in [-0.15, -0.1) is 0 Å². The highest BCUT2D eigenvalue weighted by Gasteiger charge is 2.16. The maximum absolute atomic E-state index is 12.5. The minimum Gasteiger partial charge on any atom is -0.443 e. The zero-order chi connectivity index (χ0) is 17.9. The number of benzene rings is 1. The van der Waals surface area contributed by atoms with Gasteiger partial charge in [0.05, 0.1) is 18.4 Å². The van der Waals surface area contributed by atoms with Crippen LogP contribution in [0.1, 0.15) is 5.69 Å². The van der Waals surface area contributed by atoms with Crippen molar-refractivity contribution in [1.82, 2.24) is 19.9 Å². The van der Waals surface area contributed by atoms with E-state index in [1.807, 2.05) is 47.0 Å². The van der Waals surface area contributed by atoms with E-state index in [1.54, 1.807) is 12.4 Å². The van der Waals surface area contributed by atoms with Crippen LogP contribution in [-0.2, 0) is 17.9 Å². The molecular weight excluding hydrogens is 396 g/mol. The molecule has 0 bridgehead atoms. The molecule has 0 spiro atoms. The number of pyridine rings is 1. The molecule has 1 aromatic carbocycles. The Kier molecular flexibility index (Phi) is 4.53. The Labute approximate surface area is 158 Å². The van der Waals surface area contributed by atoms with Crippen LogP contribution in [0.2, 0.25) is 0 Å². The van der Waals surface area contributed by atoms with Crippen molar-refractivity contribution in [3.8, 4) is 11.6 Å². The molecule has 0 aliphatic carbocycles. The molecule has 0 radical (unpaired) electrons. The van der Waals surface area contributed by atoms with Crippen molar-refractivity contribution in [3.05, 3.63) is 71.3 Å². The fourth-order valence-electron chi connectivity index (χ4n) is 2.81. The van der Waals surface area contributed by atoms with E-state index >= 15 is 0 Å². The summed E-state index contributed by atoms with van der Waals surface area (Å²) < 4.78 is 8.25. The minimum atomic E-state index is -0.108. The van der Waals surface area contributed by atoms with Crippen LogP contribution in [0.25, 0.3) is 22.5 Å². The van der Waals surface area contributed by atoms with Crippen molar-refractivity contribution >= 4 is 32.7 Å². The SMILES string of the molecule is O=C(Cn1c(-c2ncco2)cc2ccccc21)NCc1ccc(Br)cn1. The standard InChI is InChI=1S/C19H15BrN4O2/c20-14-5-6-15(22-10-14)11-23-18(25)12-24-16-4-2-1-3-13(16)9-17(24)19-21-7-8-26-19/h1-10H,11-12H2,(H,23,25). The molecule has 4 aromatic rings. The first-order valence-electron chi connectivity index (χ1n) is 8.06. The number of hydrogen-bond donors (Lipinski definition) is 1. The molecule has 0 aliphatic heterocycles. The quantitative estimate of drug-likeness (QED) is 0.543. The molecule has 3 aromatic heterocycles. The number of para-hydroxylation sites is 1. The molecule has 26 heavy (non-hydrogen) atoms. The molecule has 0 atom stereocenters. The van der Waals surface area contributed by atoms with Crippen molar-refractivity contribution in [3.63, 3.8) is 0 Å². The molecule has 0 saturated carbocycles. The number of fused-ring (bicyclic) bond motifs is 1. The van der Waals surface area contributed by atoms with E-state index in [9.17, 15) is 4.79 Å². The monoisotopic (exact) mass is 410 g/mol. The normalized spacial score (nSPS) is 11.0. The smallest absolute Gasteiger partial charge is 0.243 e. The third kappa shape index (κ3) is 3.39. The average molecular weight is 411 g/mol. The largest absolute Gasteiger partial charge is 0.443 e. The number of amides is 1. The van der Waals surface area contributed by atoms with Crippen LogP contribution in [0.4, 0.5) is 0 Å². The van der Waals surface area contributed by atoms with Crippen molar-refractivity contribution in [2.45, 2.75) is 13.1 Å². The molecule has 1 N–H and O–H groups in total. The molecule has 1 amide bonds. The van der Waals surface area contributed by atoms with Gasteiger partial charge in [0.25, 0.3) is 0 Å². The predicted molar refractivity (Wildman–Crippen MR) is 101 cm³/mol. The zero-order valence-electron chi connectivity index (χ0n) is 13.7. The second-order valence-electron chi connectivity index (χ2n) is 5.76. The zero-order valence-corrected chi connectivity index (χ0v) is 15.3. The van der Waals surface area contributed by atoms with Gasteiger partial charge < -0.3 is 14.3 Å². The molecule has 0 unspecified atom stereocenters. The lowest BCUT2D eigenvalue weighted by molar-refractivity contribution is -0.121. The number of oxazole rings is 1. The first kappa shape index (κ1) is 16.5. The van der Waals surface area contributed by atoms with E-state index in [4.69, 9.17) is 4.42 Å². The molecule has 0 aliphatic rings. The third-order valence-corrected chi connectivity index (χ3v) is 4.49. The van der Waals surface area contributed by atoms with Crippen molar-refractivity contribution in [2.75, 3.05) is 0 Å². The van der Waals surface area contributed by atoms with Crippen molar-refractivity contribution in [1.29, 1.82) is 0 Å². The molecular formula is C19H15BrN4O2. The van der Waals surface area contributed by atoms with Gasteiger partial charge in [-0.2, -0.15) is 0 Å². The fourth-order valence-corrected chi connectivity index (χ4v) is 3.04. The predicted octanol–water partition coefficient (Wildman–Crippen LogP) is 3.77. The van der Waals surface area contributed by atoms with Crippen LogP contribution in [0.15, 0.2) is 70.0 Å². The van der Waals surface area contributed by atoms with Gasteiger partial charge in [-0.1, -0.05) is 18.2 Å². The van der Waals surface area contributed by atoms with E-state index in [2.05, 4.69) is 31.2 Å². The first-order chi connectivity index (χ1) is 12.7. The number of nitrogens with zero attached hydrogens (tertiary/aromatic N) is 3. The summed E-state index contributed by atoms with van der Waals surface area (Å²) in [6, 6.07) is 13.6. The number of carbonyl (C=O) groups excluding carboxylic acids is 1. The maximum atomic E-state index is 12.5. The topological polar surface area (TPSA) is 73.0 Å². The summed E-state index contributed by atoms with van der Waals surface area (Å²) in [4.78, 5) is 21.0. The number of aromatic nitrogens is 3. The Hall–Kier alpha value is -2.93. The Bertz CT molecular complexity index is 1040. The summed E-state index contributed by atoms with van der Waals surface area (Å²) in [7, 11) is 0. The molecule has 7 heteroatoms. The number of carbonyl (C=O) groups is 1. The highest BCUT2D eigenvalue weighted by atomic mass is 79.9. The fraction of sp³-hybridized carbons (Fsp3) is 0.105. The number of rotatable bonds is 5. The van der Waals surface area contributed by atoms with E-state index in [0.717, 1.165) is 26.8 Å². The molecule has 0 fully saturated rings. The van der Waals surface area contributed by atoms with Gasteiger partial charge in [-0.3, -0.25) is 9.78 Å². The Balaban J connectivity index is 1.57. The minimum absolute atomic E-state index is 0.108. The summed E-state index contributed by atoms with van der Waals surface area (Å²) in [6.45, 7) is 0.543. The number of nitrogens with one attached hydrogen (secondary N) is 1. The highest BCUT2D eigenvalue weighted by molar-refractivity contribution is 9.10. The van der Waals surface area contributed by atoms with Crippen LogP contribution in [0.3, 0.4) is 0 Å². The van der Waals surface area contributed by atoms with E-state index in [0.29, 0.717) is 12.4 Å². The molecule has 4 rings (SSSR count). The van der Waals surface area contributed by atoms with E-state index in [-0.39, 0.29) is 12.5 Å². The van der Waals surface area contributed by atoms with Gasteiger partial charge in [-0.25, -0.2) is 4.98 Å². The van der Waals surface area contributed by atoms with Gasteiger partial charge >= 0.3 is 0 Å². The Morgan fingerprint density at radius 3 is 2.85 bits per heavy atom. The van der Waals surface area contributed by atoms with Crippen molar-refractivity contribution < 1.29 is 9.21 Å². The van der Waals surface area contributed by atoms with Gasteiger partial charge in [0, 0.05) is 21.6 Å². The summed E-state index contributed by atoms with van der Waals surface area (Å²) in [6.07, 6.45) is 4.83. The summed E-state index contributed by atoms with van der Waals surface area (Å²) >= 11 is 3.35. The van der Waals surface area contributed by atoms with Crippen LogP contribution < -0.4 is 5.32 Å². The van der Waals surface area contributed by atoms with Crippen LogP contribution in [0.5, 0.6) is 0 Å². The van der Waals surface area contributed by atoms with Crippen molar-refractivity contribution in [2.24, 2.45) is 0 Å². The van der Waals surface area contributed by atoms with E-state index in [1.165, 1.54) is 6.26 Å². The van der Waals surface area contributed by atoms with E-state index < -0.39 is 0 Å². The molecule has 0 saturated heterocycles. The Morgan fingerprint density at radius 1 is 1.19 bits per heavy atom. The van der Waals surface area contributed by atoms with Crippen LogP contribution in [-0.4, -0.2) is 20.4 Å². The van der Waals surface area contributed by atoms with Gasteiger partial charge in [0.15, 0.2) is 0 Å². The lowest BCUT2D eigenvalue weighted by atomic mass is 10.2. The lowest BCUT2D eigenvalue weighted by Crippen LogP contribution is -2.27. The molecule has 130 valence electrons. The third-order valence-electron chi connectivity index (χ3n) is 4.02. The Morgan fingerprint density at radius 2 is 2.08 bits per heavy atom. The average Bonchev–Trinajstić information content (AvgIpc) is 3.30. The van der Waals surface area contributed by atoms with Gasteiger partial charge in [0.2, 0.25) is 11.8 Å². The van der Waals surface area contributed by atoms with Crippen LogP contribution in [0, 0.1) is 0 Å². The summed E-state index contributed by atoms with van der Waals surface area (Å²) in [5.74, 6) is 0.382. The maximum Gasteiger partial charge on any atom is 0.243 e. The highest BCUT2D eigenvalue weighted by Crippen LogP contribution is 2.27. The first-order valence-corrected chi connectivity index (χ1v) is 8.85. The second-order valence-corrected chi connectivity index (χ2v) is 6.67. The summed E-state index contributed by atoms with van der Waals surface area (Å²) in [5, 5.41) is 3.94. The molecule has 6 nitrogen and oxygen atoms in total.